The molecule has 0 amide bonds. The van der Waals surface area contributed by atoms with Crippen LogP contribution in [-0.4, -0.2) is 30.8 Å². The van der Waals surface area contributed by atoms with Gasteiger partial charge in [0.25, 0.3) is 0 Å². The van der Waals surface area contributed by atoms with Crippen molar-refractivity contribution < 1.29 is 22.6 Å². The third-order valence-corrected chi connectivity index (χ3v) is 4.59. The van der Waals surface area contributed by atoms with Gasteiger partial charge < -0.3 is 14.4 Å². The second-order valence-electron chi connectivity index (χ2n) is 7.21. The van der Waals surface area contributed by atoms with Crippen molar-refractivity contribution in [3.05, 3.63) is 23.8 Å². The number of hydrogen-bond acceptors (Lipinski definition) is 4. The number of halogens is 3. The van der Waals surface area contributed by atoms with Crippen molar-refractivity contribution >= 4 is 16.6 Å². The van der Waals surface area contributed by atoms with Gasteiger partial charge in [0.1, 0.15) is 6.61 Å². The lowest BCUT2D eigenvalue weighted by molar-refractivity contribution is -0.136. The van der Waals surface area contributed by atoms with E-state index in [0.717, 1.165) is 6.07 Å². The van der Waals surface area contributed by atoms with Crippen molar-refractivity contribution in [1.82, 2.24) is 4.98 Å². The lowest BCUT2D eigenvalue weighted by Crippen LogP contribution is -2.43. The first-order valence-corrected chi connectivity index (χ1v) is 8.66. The number of rotatable bonds is 3. The Morgan fingerprint density at radius 1 is 1.23 bits per heavy atom. The maximum atomic E-state index is 13.8. The summed E-state index contributed by atoms with van der Waals surface area (Å²) < 4.78 is 52.5. The topological polar surface area (TPSA) is 34.6 Å². The number of hydrogen-bond donors (Lipinski definition) is 0. The highest BCUT2D eigenvalue weighted by atomic mass is 19.4. The molecule has 142 valence electrons. The average Bonchev–Trinajstić information content (AvgIpc) is 2.52. The number of benzene rings is 1. The predicted octanol–water partition coefficient (Wildman–Crippen LogP) is 4.89. The van der Waals surface area contributed by atoms with Gasteiger partial charge in [-0.3, -0.25) is 0 Å². The van der Waals surface area contributed by atoms with Crippen LogP contribution in [0.1, 0.15) is 33.3 Å². The van der Waals surface area contributed by atoms with E-state index in [9.17, 15) is 13.2 Å². The van der Waals surface area contributed by atoms with E-state index in [4.69, 9.17) is 9.47 Å². The van der Waals surface area contributed by atoms with Crippen molar-refractivity contribution in [3.63, 3.8) is 0 Å². The smallest absolute Gasteiger partial charge is 0.417 e. The van der Waals surface area contributed by atoms with Crippen LogP contribution >= 0.6 is 0 Å². The van der Waals surface area contributed by atoms with E-state index >= 15 is 0 Å². The first kappa shape index (κ1) is 18.6. The molecule has 1 aromatic carbocycles. The van der Waals surface area contributed by atoms with Gasteiger partial charge in [-0.05, 0) is 31.9 Å². The van der Waals surface area contributed by atoms with Gasteiger partial charge in [-0.2, -0.15) is 13.2 Å². The molecular formula is C19H23F3N2O2. The predicted molar refractivity (Wildman–Crippen MR) is 95.0 cm³/mol. The molecule has 26 heavy (non-hydrogen) atoms. The summed E-state index contributed by atoms with van der Waals surface area (Å²) >= 11 is 0. The van der Waals surface area contributed by atoms with Crippen LogP contribution in [0.2, 0.25) is 0 Å². The Labute approximate surface area is 150 Å². The van der Waals surface area contributed by atoms with Crippen molar-refractivity contribution in [1.29, 1.82) is 0 Å². The van der Waals surface area contributed by atoms with Crippen LogP contribution in [0.5, 0.6) is 11.6 Å². The molecule has 0 N–H and O–H groups in total. The quantitative estimate of drug-likeness (QED) is 0.772. The lowest BCUT2D eigenvalue weighted by Gasteiger charge is -2.38. The minimum Gasteiger partial charge on any atom is -0.489 e. The molecule has 0 saturated carbocycles. The number of anilines is 1. The molecule has 2 aromatic rings. The summed E-state index contributed by atoms with van der Waals surface area (Å²) in [5.74, 6) is 0.507. The molecule has 3 rings (SSSR count). The molecule has 1 aromatic heterocycles. The van der Waals surface area contributed by atoms with Crippen molar-refractivity contribution in [2.75, 3.05) is 18.6 Å². The Morgan fingerprint density at radius 3 is 2.50 bits per heavy atom. The van der Waals surface area contributed by atoms with Gasteiger partial charge in [0.15, 0.2) is 5.75 Å². The summed E-state index contributed by atoms with van der Waals surface area (Å²) in [5, 5.41) is -0.0137. The largest absolute Gasteiger partial charge is 0.489 e. The normalized spacial score (nSPS) is 17.6. The van der Waals surface area contributed by atoms with Crippen LogP contribution in [0.15, 0.2) is 18.2 Å². The zero-order valence-electron chi connectivity index (χ0n) is 15.5. The molecular weight excluding hydrogens is 345 g/mol. The number of aromatic nitrogens is 1. The zero-order chi connectivity index (χ0) is 19.2. The summed E-state index contributed by atoms with van der Waals surface area (Å²) in [7, 11) is 1.88. The van der Waals surface area contributed by atoms with Gasteiger partial charge in [-0.15, -0.1) is 0 Å². The molecule has 0 spiro atoms. The molecule has 0 saturated heterocycles. The van der Waals surface area contributed by atoms with Gasteiger partial charge in [0, 0.05) is 13.1 Å². The Morgan fingerprint density at radius 2 is 1.92 bits per heavy atom. The van der Waals surface area contributed by atoms with Crippen LogP contribution in [-0.2, 0) is 6.18 Å². The van der Waals surface area contributed by atoms with E-state index in [0.29, 0.717) is 18.2 Å². The van der Waals surface area contributed by atoms with Gasteiger partial charge in [-0.25, -0.2) is 4.98 Å². The van der Waals surface area contributed by atoms with Crippen LogP contribution < -0.4 is 14.4 Å². The number of likely N-dealkylation sites (N-methyl/N-ethyl adjacent to an activating group) is 1. The second-order valence-corrected chi connectivity index (χ2v) is 7.21. The first-order valence-electron chi connectivity index (χ1n) is 8.66. The van der Waals surface area contributed by atoms with E-state index in [1.807, 2.05) is 11.9 Å². The van der Waals surface area contributed by atoms with Crippen LogP contribution in [0, 0.1) is 5.92 Å². The third kappa shape index (κ3) is 3.27. The highest BCUT2D eigenvalue weighted by Crippen LogP contribution is 2.46. The number of alkyl halides is 3. The number of pyridine rings is 1. The van der Waals surface area contributed by atoms with E-state index in [2.05, 4.69) is 18.8 Å². The fraction of sp³-hybridized carbons (Fsp3) is 0.526. The molecule has 0 unspecified atom stereocenters. The standard InChI is InChI=1S/C19H23F3N2O2/c1-10(2)15-9-25-18-14(24(15)5)7-6-13-17(18)12(19(20,21)22)8-16(23-13)26-11(3)4/h6-8,10-11,15H,9H2,1-5H3/t15-/m0/s1. The Kier molecular flexibility index (Phi) is 4.67. The molecule has 0 fully saturated rings. The third-order valence-electron chi connectivity index (χ3n) is 4.59. The summed E-state index contributed by atoms with van der Waals surface area (Å²) in [6.45, 7) is 7.96. The van der Waals surface area contributed by atoms with Crippen LogP contribution in [0.4, 0.5) is 18.9 Å². The maximum absolute atomic E-state index is 13.8. The maximum Gasteiger partial charge on any atom is 0.417 e. The Balaban J connectivity index is 2.24. The van der Waals surface area contributed by atoms with Crippen molar-refractivity contribution in [2.45, 2.75) is 46.0 Å². The minimum absolute atomic E-state index is 0.0137. The average molecular weight is 368 g/mol. The van der Waals surface area contributed by atoms with Gasteiger partial charge in [0.2, 0.25) is 5.88 Å². The fourth-order valence-electron chi connectivity index (χ4n) is 3.31. The molecule has 0 radical (unpaired) electrons. The second kappa shape index (κ2) is 6.52. The molecule has 1 atom stereocenters. The molecule has 2 heterocycles. The Hall–Kier alpha value is -2.18. The summed E-state index contributed by atoms with van der Waals surface area (Å²) in [6, 6.07) is 4.42. The Bertz CT molecular complexity index is 819. The van der Waals surface area contributed by atoms with E-state index in [-0.39, 0.29) is 34.7 Å². The lowest BCUT2D eigenvalue weighted by atomic mass is 9.99. The minimum atomic E-state index is -4.54. The summed E-state index contributed by atoms with van der Waals surface area (Å²) in [6.07, 6.45) is -4.81. The fourth-order valence-corrected chi connectivity index (χ4v) is 3.31. The molecule has 7 heteroatoms. The highest BCUT2D eigenvalue weighted by molar-refractivity contribution is 5.95. The molecule has 4 nitrogen and oxygen atoms in total. The molecule has 1 aliphatic heterocycles. The van der Waals surface area contributed by atoms with Gasteiger partial charge in [-0.1, -0.05) is 13.8 Å². The first-order chi connectivity index (χ1) is 12.1. The summed E-state index contributed by atoms with van der Waals surface area (Å²) in [4.78, 5) is 6.24. The summed E-state index contributed by atoms with van der Waals surface area (Å²) in [5.41, 5.74) is 0.0734. The van der Waals surface area contributed by atoms with Gasteiger partial charge >= 0.3 is 6.18 Å². The molecule has 0 aliphatic carbocycles. The van der Waals surface area contributed by atoms with Crippen molar-refractivity contribution in [3.8, 4) is 11.6 Å². The van der Waals surface area contributed by atoms with E-state index < -0.39 is 11.7 Å². The number of ether oxygens (including phenoxy) is 2. The van der Waals surface area contributed by atoms with Crippen LogP contribution in [0.3, 0.4) is 0 Å². The van der Waals surface area contributed by atoms with Crippen molar-refractivity contribution in [2.24, 2.45) is 5.92 Å². The van der Waals surface area contributed by atoms with E-state index in [1.54, 1.807) is 26.0 Å². The molecule has 0 bridgehead atoms. The van der Waals surface area contributed by atoms with Gasteiger partial charge in [0.05, 0.1) is 34.3 Å². The SMILES string of the molecule is CC(C)Oc1cc(C(F)(F)F)c2c3c(ccc2n1)N(C)[C@H](C(C)C)CO3. The highest BCUT2D eigenvalue weighted by Gasteiger charge is 2.37. The molecule has 1 aliphatic rings. The van der Waals surface area contributed by atoms with E-state index in [1.165, 1.54) is 0 Å². The number of fused-ring (bicyclic) bond motifs is 3. The zero-order valence-corrected chi connectivity index (χ0v) is 15.5. The van der Waals surface area contributed by atoms with Crippen LogP contribution in [0.25, 0.3) is 10.9 Å². The number of nitrogens with zero attached hydrogens (tertiary/aromatic N) is 2. The monoisotopic (exact) mass is 368 g/mol.